The number of benzene rings is 1. The van der Waals surface area contributed by atoms with Crippen molar-refractivity contribution in [1.29, 1.82) is 0 Å². The van der Waals surface area contributed by atoms with E-state index >= 15 is 0 Å². The number of unbranched alkanes of at least 4 members (excludes halogenated alkanes) is 1. The zero-order valence-corrected chi connectivity index (χ0v) is 14.3. The Hall–Kier alpha value is -0.980. The molecule has 1 rings (SSSR count). The molecule has 0 aromatic heterocycles. The first-order valence-corrected chi connectivity index (χ1v) is 9.24. The molecule has 0 heterocycles. The van der Waals surface area contributed by atoms with Gasteiger partial charge in [-0.1, -0.05) is 56.8 Å². The highest BCUT2D eigenvalue weighted by Gasteiger charge is 2.21. The van der Waals surface area contributed by atoms with E-state index in [1.807, 2.05) is 24.3 Å². The van der Waals surface area contributed by atoms with Crippen molar-refractivity contribution in [2.75, 3.05) is 13.1 Å². The van der Waals surface area contributed by atoms with E-state index in [1.165, 1.54) is 9.87 Å². The Labute approximate surface area is 133 Å². The molecule has 0 amide bonds. The van der Waals surface area contributed by atoms with E-state index in [0.717, 1.165) is 24.8 Å². The van der Waals surface area contributed by atoms with E-state index in [4.69, 9.17) is 18.0 Å². The van der Waals surface area contributed by atoms with Gasteiger partial charge in [0.1, 0.15) is 0 Å². The van der Waals surface area contributed by atoms with E-state index in [0.29, 0.717) is 6.54 Å². The lowest BCUT2D eigenvalue weighted by Crippen LogP contribution is -2.38. The van der Waals surface area contributed by atoms with E-state index in [2.05, 4.69) is 6.92 Å². The second kappa shape index (κ2) is 8.46. The average molecular weight is 329 g/mol. The molecule has 0 bridgehead atoms. The minimum absolute atomic E-state index is 0.0105. The van der Waals surface area contributed by atoms with Crippen LogP contribution in [0.25, 0.3) is 0 Å². The van der Waals surface area contributed by atoms with Crippen LogP contribution in [-0.4, -0.2) is 30.8 Å². The third-order valence-corrected chi connectivity index (χ3v) is 5.24. The van der Waals surface area contributed by atoms with E-state index in [-0.39, 0.29) is 17.3 Å². The highest BCUT2D eigenvalue weighted by Crippen LogP contribution is 2.14. The molecular formula is C15H24N2O2S2. The second-order valence-electron chi connectivity index (χ2n) is 5.07. The summed E-state index contributed by atoms with van der Waals surface area (Å²) in [6.45, 7) is 4.40. The number of rotatable bonds is 9. The van der Waals surface area contributed by atoms with Crippen molar-refractivity contribution in [2.45, 2.75) is 38.9 Å². The predicted molar refractivity (Wildman–Crippen MR) is 91.7 cm³/mol. The summed E-state index contributed by atoms with van der Waals surface area (Å²) in [5.41, 5.74) is 7.46. The summed E-state index contributed by atoms with van der Waals surface area (Å²) in [6.07, 6.45) is 3.22. The topological polar surface area (TPSA) is 63.4 Å². The number of nitrogens with two attached hydrogens (primary N) is 1. The Morgan fingerprint density at radius 2 is 1.95 bits per heavy atom. The van der Waals surface area contributed by atoms with Crippen LogP contribution in [0.4, 0.5) is 0 Å². The number of nitrogens with zero attached hydrogens (tertiary/aromatic N) is 1. The lowest BCUT2D eigenvalue weighted by Gasteiger charge is -2.20. The first-order chi connectivity index (χ1) is 9.89. The molecule has 21 heavy (non-hydrogen) atoms. The summed E-state index contributed by atoms with van der Waals surface area (Å²) in [5, 5.41) is 0. The molecule has 1 aromatic rings. The standard InChI is InChI=1S/C15H24N2O2S2/c1-3-5-7-13-8-6-9-14(10-13)12-21(18,19)17(4-2)11-15(16)20/h6,8-10H,3-5,7,11-12H2,1-2H3,(H2,16,20). The first-order valence-electron chi connectivity index (χ1n) is 7.23. The number of sulfonamides is 1. The summed E-state index contributed by atoms with van der Waals surface area (Å²) >= 11 is 4.81. The van der Waals surface area contributed by atoms with Crippen molar-refractivity contribution in [3.8, 4) is 0 Å². The summed E-state index contributed by atoms with van der Waals surface area (Å²) in [7, 11) is -3.39. The van der Waals surface area contributed by atoms with E-state index in [1.54, 1.807) is 6.92 Å². The van der Waals surface area contributed by atoms with Gasteiger partial charge in [-0.2, -0.15) is 4.31 Å². The SMILES string of the molecule is CCCCc1cccc(CS(=O)(=O)N(CC)CC(N)=S)c1. The van der Waals surface area contributed by atoms with Crippen LogP contribution in [0, 0.1) is 0 Å². The zero-order valence-electron chi connectivity index (χ0n) is 12.7. The first kappa shape index (κ1) is 18.1. The third kappa shape index (κ3) is 6.11. The van der Waals surface area contributed by atoms with Gasteiger partial charge in [0.25, 0.3) is 0 Å². The van der Waals surface area contributed by atoms with Crippen LogP contribution in [0.3, 0.4) is 0 Å². The highest BCUT2D eigenvalue weighted by molar-refractivity contribution is 7.88. The summed E-state index contributed by atoms with van der Waals surface area (Å²) in [4.78, 5) is 0.192. The van der Waals surface area contributed by atoms with Gasteiger partial charge in [0, 0.05) is 6.54 Å². The Morgan fingerprint density at radius 3 is 2.52 bits per heavy atom. The van der Waals surface area contributed by atoms with Crippen LogP contribution in [0.5, 0.6) is 0 Å². The number of aryl methyl sites for hydroxylation is 1. The van der Waals surface area contributed by atoms with Gasteiger partial charge in [-0.15, -0.1) is 0 Å². The van der Waals surface area contributed by atoms with Crippen LogP contribution in [0.15, 0.2) is 24.3 Å². The van der Waals surface area contributed by atoms with Crippen LogP contribution >= 0.6 is 12.2 Å². The van der Waals surface area contributed by atoms with Gasteiger partial charge in [0.2, 0.25) is 10.0 Å². The maximum absolute atomic E-state index is 12.4. The normalized spacial score (nSPS) is 11.8. The molecule has 0 aliphatic rings. The van der Waals surface area contributed by atoms with Crippen LogP contribution in [-0.2, 0) is 22.2 Å². The molecule has 0 aliphatic heterocycles. The molecule has 0 radical (unpaired) electrons. The van der Waals surface area contributed by atoms with Crippen molar-refractivity contribution in [3.63, 3.8) is 0 Å². The smallest absolute Gasteiger partial charge is 0.218 e. The van der Waals surface area contributed by atoms with Crippen molar-refractivity contribution in [1.82, 2.24) is 4.31 Å². The lowest BCUT2D eigenvalue weighted by atomic mass is 10.1. The lowest BCUT2D eigenvalue weighted by molar-refractivity contribution is 0.467. The number of thiocarbonyl (C=S) groups is 1. The fourth-order valence-electron chi connectivity index (χ4n) is 2.14. The Bertz CT molecular complexity index is 571. The van der Waals surface area contributed by atoms with Crippen LogP contribution < -0.4 is 5.73 Å². The minimum atomic E-state index is -3.39. The van der Waals surface area contributed by atoms with Crippen LogP contribution in [0.1, 0.15) is 37.8 Å². The Kier molecular flexibility index (Phi) is 7.28. The molecule has 1 aromatic carbocycles. The van der Waals surface area contributed by atoms with E-state index < -0.39 is 10.0 Å². The zero-order chi connectivity index (χ0) is 15.9. The van der Waals surface area contributed by atoms with Gasteiger partial charge in [-0.05, 0) is 24.0 Å². The summed E-state index contributed by atoms with van der Waals surface area (Å²) in [5.74, 6) is -0.0105. The summed E-state index contributed by atoms with van der Waals surface area (Å²) in [6, 6.07) is 7.78. The molecule has 6 heteroatoms. The molecule has 118 valence electrons. The largest absolute Gasteiger partial charge is 0.392 e. The number of hydrogen-bond acceptors (Lipinski definition) is 3. The van der Waals surface area contributed by atoms with Gasteiger partial charge in [0.05, 0.1) is 17.3 Å². The Balaban J connectivity index is 2.85. The van der Waals surface area contributed by atoms with Gasteiger partial charge >= 0.3 is 0 Å². The van der Waals surface area contributed by atoms with Gasteiger partial charge in [-0.3, -0.25) is 0 Å². The molecule has 0 fully saturated rings. The van der Waals surface area contributed by atoms with Gasteiger partial charge in [-0.25, -0.2) is 8.42 Å². The van der Waals surface area contributed by atoms with E-state index in [9.17, 15) is 8.42 Å². The predicted octanol–water partition coefficient (Wildman–Crippen LogP) is 2.47. The molecule has 4 nitrogen and oxygen atoms in total. The number of hydrogen-bond donors (Lipinski definition) is 1. The van der Waals surface area contributed by atoms with Crippen molar-refractivity contribution >= 4 is 27.2 Å². The summed E-state index contributed by atoms with van der Waals surface area (Å²) < 4.78 is 26.1. The van der Waals surface area contributed by atoms with Crippen molar-refractivity contribution in [2.24, 2.45) is 5.73 Å². The van der Waals surface area contributed by atoms with Gasteiger partial charge < -0.3 is 5.73 Å². The molecule has 0 saturated heterocycles. The monoisotopic (exact) mass is 328 g/mol. The van der Waals surface area contributed by atoms with Crippen LogP contribution in [0.2, 0.25) is 0 Å². The third-order valence-electron chi connectivity index (χ3n) is 3.24. The minimum Gasteiger partial charge on any atom is -0.392 e. The molecule has 0 atom stereocenters. The molecule has 0 spiro atoms. The maximum Gasteiger partial charge on any atom is 0.218 e. The fourth-order valence-corrected chi connectivity index (χ4v) is 3.89. The molecular weight excluding hydrogens is 304 g/mol. The molecule has 0 saturated carbocycles. The quantitative estimate of drug-likeness (QED) is 0.707. The second-order valence-corrected chi connectivity index (χ2v) is 7.57. The van der Waals surface area contributed by atoms with Crippen molar-refractivity contribution in [3.05, 3.63) is 35.4 Å². The van der Waals surface area contributed by atoms with Gasteiger partial charge in [0.15, 0.2) is 0 Å². The molecule has 0 unspecified atom stereocenters. The molecule has 2 N–H and O–H groups in total. The fraction of sp³-hybridized carbons (Fsp3) is 0.533. The Morgan fingerprint density at radius 1 is 1.29 bits per heavy atom. The average Bonchev–Trinajstić information content (AvgIpc) is 2.42. The maximum atomic E-state index is 12.4. The molecule has 0 aliphatic carbocycles. The van der Waals surface area contributed by atoms with Crippen molar-refractivity contribution < 1.29 is 8.42 Å². The number of likely N-dealkylation sites (N-methyl/N-ethyl adjacent to an activating group) is 1. The highest BCUT2D eigenvalue weighted by atomic mass is 32.2.